The highest BCUT2D eigenvalue weighted by Gasteiger charge is 2.13. The van der Waals surface area contributed by atoms with Crippen molar-refractivity contribution < 1.29 is 0 Å². The number of hydrogen-bond acceptors (Lipinski definition) is 3. The number of halogens is 1. The van der Waals surface area contributed by atoms with Crippen LogP contribution in [-0.2, 0) is 6.54 Å². The summed E-state index contributed by atoms with van der Waals surface area (Å²) >= 11 is 6.20. The fourth-order valence-electron chi connectivity index (χ4n) is 2.14. The van der Waals surface area contributed by atoms with Crippen LogP contribution in [-0.4, -0.2) is 24.6 Å². The predicted octanol–water partition coefficient (Wildman–Crippen LogP) is 3.39. The summed E-state index contributed by atoms with van der Waals surface area (Å²) in [6, 6.07) is 3.97. The summed E-state index contributed by atoms with van der Waals surface area (Å²) in [5.74, 6) is 1.03. The van der Waals surface area contributed by atoms with E-state index >= 15 is 0 Å². The first-order valence-corrected chi connectivity index (χ1v) is 7.35. The molecule has 0 aromatic carbocycles. The Morgan fingerprint density at radius 2 is 2.26 bits per heavy atom. The van der Waals surface area contributed by atoms with E-state index in [0.717, 1.165) is 55.6 Å². The van der Waals surface area contributed by atoms with Gasteiger partial charge in [0.25, 0.3) is 0 Å². The summed E-state index contributed by atoms with van der Waals surface area (Å²) in [5, 5.41) is 4.10. The minimum Gasteiger partial charge on any atom is -0.353 e. The van der Waals surface area contributed by atoms with Crippen molar-refractivity contribution in [3.8, 4) is 0 Å². The lowest BCUT2D eigenvalue weighted by Gasteiger charge is -2.27. The molecule has 19 heavy (non-hydrogen) atoms. The van der Waals surface area contributed by atoms with Crippen molar-refractivity contribution >= 4 is 17.4 Å². The summed E-state index contributed by atoms with van der Waals surface area (Å²) in [7, 11) is 0. The number of pyridine rings is 1. The van der Waals surface area contributed by atoms with Crippen molar-refractivity contribution in [3.05, 3.63) is 34.5 Å². The van der Waals surface area contributed by atoms with Gasteiger partial charge >= 0.3 is 0 Å². The van der Waals surface area contributed by atoms with Gasteiger partial charge in [-0.2, -0.15) is 0 Å². The van der Waals surface area contributed by atoms with Crippen molar-refractivity contribution in [2.45, 2.75) is 33.2 Å². The van der Waals surface area contributed by atoms with Gasteiger partial charge in [0.05, 0.1) is 10.7 Å². The molecular formula is C15H22ClN3. The van der Waals surface area contributed by atoms with Gasteiger partial charge in [0.1, 0.15) is 5.82 Å². The van der Waals surface area contributed by atoms with Gasteiger partial charge in [0.15, 0.2) is 0 Å². The van der Waals surface area contributed by atoms with Gasteiger partial charge < -0.3 is 10.2 Å². The van der Waals surface area contributed by atoms with Crippen molar-refractivity contribution in [3.63, 3.8) is 0 Å². The molecule has 3 nitrogen and oxygen atoms in total. The molecule has 0 atom stereocenters. The van der Waals surface area contributed by atoms with E-state index in [1.165, 1.54) is 5.57 Å². The number of nitrogens with one attached hydrogen (secondary N) is 1. The summed E-state index contributed by atoms with van der Waals surface area (Å²) in [5.41, 5.74) is 2.41. The Balaban J connectivity index is 2.07. The molecule has 1 aliphatic rings. The average Bonchev–Trinajstić information content (AvgIpc) is 2.42. The molecule has 0 bridgehead atoms. The van der Waals surface area contributed by atoms with E-state index in [1.807, 2.05) is 12.1 Å². The third-order valence-corrected chi connectivity index (χ3v) is 3.73. The Hall–Kier alpha value is -1.06. The molecule has 0 saturated heterocycles. The minimum absolute atomic E-state index is 0.739. The zero-order chi connectivity index (χ0) is 13.7. The summed E-state index contributed by atoms with van der Waals surface area (Å²) in [6.07, 6.45) is 4.51. The van der Waals surface area contributed by atoms with Gasteiger partial charge in [-0.15, -0.1) is 0 Å². The number of nitrogens with zero attached hydrogens (tertiary/aromatic N) is 2. The quantitative estimate of drug-likeness (QED) is 0.661. The van der Waals surface area contributed by atoms with E-state index in [9.17, 15) is 0 Å². The lowest BCUT2D eigenvalue weighted by molar-refractivity contribution is 0.662. The highest BCUT2D eigenvalue weighted by atomic mass is 35.5. The van der Waals surface area contributed by atoms with Gasteiger partial charge in [-0.1, -0.05) is 30.2 Å². The SMILES string of the molecule is CCCNCc1nc(N2CC=C(C)CC2)ccc1Cl. The van der Waals surface area contributed by atoms with E-state index in [4.69, 9.17) is 16.6 Å². The molecule has 1 aromatic rings. The molecule has 0 saturated carbocycles. The second-order valence-corrected chi connectivity index (χ2v) is 5.43. The Labute approximate surface area is 120 Å². The van der Waals surface area contributed by atoms with Crippen LogP contribution in [0.3, 0.4) is 0 Å². The normalized spacial score (nSPS) is 15.5. The molecule has 4 heteroatoms. The second-order valence-electron chi connectivity index (χ2n) is 5.02. The van der Waals surface area contributed by atoms with Crippen LogP contribution in [0.4, 0.5) is 5.82 Å². The highest BCUT2D eigenvalue weighted by Crippen LogP contribution is 2.22. The first-order valence-electron chi connectivity index (χ1n) is 6.97. The summed E-state index contributed by atoms with van der Waals surface area (Å²) in [4.78, 5) is 6.99. The third kappa shape index (κ3) is 3.95. The van der Waals surface area contributed by atoms with Gasteiger partial charge in [-0.05, 0) is 38.4 Å². The molecule has 0 radical (unpaired) electrons. The fraction of sp³-hybridized carbons (Fsp3) is 0.533. The smallest absolute Gasteiger partial charge is 0.129 e. The van der Waals surface area contributed by atoms with Gasteiger partial charge in [0, 0.05) is 19.6 Å². The van der Waals surface area contributed by atoms with Crippen LogP contribution in [0.5, 0.6) is 0 Å². The maximum absolute atomic E-state index is 6.20. The van der Waals surface area contributed by atoms with Gasteiger partial charge in [0.2, 0.25) is 0 Å². The zero-order valence-corrected chi connectivity index (χ0v) is 12.5. The van der Waals surface area contributed by atoms with E-state index in [1.54, 1.807) is 0 Å². The summed E-state index contributed by atoms with van der Waals surface area (Å²) in [6.45, 7) is 8.06. The molecule has 2 heterocycles. The van der Waals surface area contributed by atoms with Gasteiger partial charge in [-0.25, -0.2) is 4.98 Å². The highest BCUT2D eigenvalue weighted by molar-refractivity contribution is 6.31. The minimum atomic E-state index is 0.739. The Bertz CT molecular complexity index is 457. The number of hydrogen-bond donors (Lipinski definition) is 1. The first kappa shape index (κ1) is 14.4. The van der Waals surface area contributed by atoms with Crippen LogP contribution in [0.2, 0.25) is 5.02 Å². The second kappa shape index (κ2) is 6.92. The maximum Gasteiger partial charge on any atom is 0.129 e. The van der Waals surface area contributed by atoms with E-state index in [0.29, 0.717) is 0 Å². The van der Waals surface area contributed by atoms with Crippen LogP contribution in [0.1, 0.15) is 32.4 Å². The molecular weight excluding hydrogens is 258 g/mol. The van der Waals surface area contributed by atoms with E-state index in [-0.39, 0.29) is 0 Å². The van der Waals surface area contributed by atoms with Crippen molar-refractivity contribution in [2.24, 2.45) is 0 Å². The monoisotopic (exact) mass is 279 g/mol. The predicted molar refractivity (Wildman–Crippen MR) is 81.8 cm³/mol. The van der Waals surface area contributed by atoms with Gasteiger partial charge in [-0.3, -0.25) is 0 Å². The molecule has 0 amide bonds. The van der Waals surface area contributed by atoms with Crippen LogP contribution in [0.15, 0.2) is 23.8 Å². The van der Waals surface area contributed by atoms with Crippen LogP contribution < -0.4 is 10.2 Å². The molecule has 2 rings (SSSR count). The maximum atomic E-state index is 6.20. The lowest BCUT2D eigenvalue weighted by atomic mass is 10.1. The topological polar surface area (TPSA) is 28.2 Å². The van der Waals surface area contributed by atoms with Crippen molar-refractivity contribution in [1.82, 2.24) is 10.3 Å². The zero-order valence-electron chi connectivity index (χ0n) is 11.7. The van der Waals surface area contributed by atoms with Crippen LogP contribution in [0, 0.1) is 0 Å². The molecule has 0 fully saturated rings. The summed E-state index contributed by atoms with van der Waals surface area (Å²) < 4.78 is 0. The van der Waals surface area contributed by atoms with Crippen molar-refractivity contribution in [1.29, 1.82) is 0 Å². The number of aromatic nitrogens is 1. The van der Waals surface area contributed by atoms with Crippen LogP contribution >= 0.6 is 11.6 Å². The molecule has 104 valence electrons. The molecule has 1 N–H and O–H groups in total. The number of anilines is 1. The molecule has 0 spiro atoms. The standard InChI is InChI=1S/C15H22ClN3/c1-3-8-17-11-14-13(16)4-5-15(18-14)19-9-6-12(2)7-10-19/h4-6,17H,3,7-11H2,1-2H3. The lowest BCUT2D eigenvalue weighted by Crippen LogP contribution is -2.29. The van der Waals surface area contributed by atoms with Crippen molar-refractivity contribution in [2.75, 3.05) is 24.5 Å². The molecule has 0 unspecified atom stereocenters. The average molecular weight is 280 g/mol. The molecule has 1 aliphatic heterocycles. The van der Waals surface area contributed by atoms with E-state index < -0.39 is 0 Å². The third-order valence-electron chi connectivity index (χ3n) is 3.38. The Kier molecular flexibility index (Phi) is 5.23. The van der Waals surface area contributed by atoms with Crippen LogP contribution in [0.25, 0.3) is 0 Å². The fourth-order valence-corrected chi connectivity index (χ4v) is 2.31. The van der Waals surface area contributed by atoms with E-state index in [2.05, 4.69) is 30.1 Å². The molecule has 1 aromatic heterocycles. The first-order chi connectivity index (χ1) is 9.20. The Morgan fingerprint density at radius 1 is 1.42 bits per heavy atom. The largest absolute Gasteiger partial charge is 0.353 e. The number of rotatable bonds is 5. The molecule has 0 aliphatic carbocycles. The Morgan fingerprint density at radius 3 is 2.95 bits per heavy atom.